The van der Waals surface area contributed by atoms with Crippen molar-refractivity contribution in [3.8, 4) is 0 Å². The van der Waals surface area contributed by atoms with Crippen LogP contribution in [0.3, 0.4) is 0 Å². The van der Waals surface area contributed by atoms with E-state index in [1.165, 1.54) is 11.8 Å². The Hall–Kier alpha value is -1.07. The van der Waals surface area contributed by atoms with E-state index < -0.39 is 20.7 Å². The lowest BCUT2D eigenvalue weighted by molar-refractivity contribution is 0.0273. The fourth-order valence-electron chi connectivity index (χ4n) is 3.78. The standard InChI is InChI=1S/C15H21NO3S/c1-20(18,19)14-7-4-10-15(14,17)13-9-8-11-5-2-3-6-12(11)16-13/h2-3,5-6,13-14,16-17H,4,7-10H2,1H3. The molecule has 5 heteroatoms. The largest absolute Gasteiger partial charge is 0.386 e. The van der Waals surface area contributed by atoms with Gasteiger partial charge in [-0.2, -0.15) is 0 Å². The Kier molecular flexibility index (Phi) is 3.29. The second-order valence-electron chi connectivity index (χ2n) is 6.09. The van der Waals surface area contributed by atoms with Crippen LogP contribution in [0.25, 0.3) is 0 Å². The first-order valence-electron chi connectivity index (χ1n) is 7.17. The quantitative estimate of drug-likeness (QED) is 0.872. The molecule has 2 N–H and O–H groups in total. The average molecular weight is 295 g/mol. The maximum Gasteiger partial charge on any atom is 0.153 e. The molecule has 0 saturated heterocycles. The number of aryl methyl sites for hydroxylation is 1. The molecule has 0 amide bonds. The van der Waals surface area contributed by atoms with Crippen LogP contribution in [0.1, 0.15) is 31.2 Å². The molecule has 1 aliphatic carbocycles. The van der Waals surface area contributed by atoms with Gasteiger partial charge in [-0.1, -0.05) is 18.2 Å². The van der Waals surface area contributed by atoms with Crippen LogP contribution in [0.15, 0.2) is 24.3 Å². The maximum atomic E-state index is 11.9. The predicted octanol–water partition coefficient (Wildman–Crippen LogP) is 1.74. The molecule has 0 spiro atoms. The number of aliphatic hydroxyl groups is 1. The molecule has 3 unspecified atom stereocenters. The second kappa shape index (κ2) is 4.74. The Bertz CT molecular complexity index is 613. The number of anilines is 1. The molecule has 110 valence electrons. The lowest BCUT2D eigenvalue weighted by atomic mass is 9.84. The number of hydrogen-bond donors (Lipinski definition) is 2. The van der Waals surface area contributed by atoms with Gasteiger partial charge in [0.25, 0.3) is 0 Å². The third kappa shape index (κ3) is 2.23. The van der Waals surface area contributed by atoms with Crippen molar-refractivity contribution in [3.05, 3.63) is 29.8 Å². The maximum absolute atomic E-state index is 11.9. The van der Waals surface area contributed by atoms with E-state index in [0.29, 0.717) is 12.8 Å². The van der Waals surface area contributed by atoms with Crippen molar-refractivity contribution in [2.24, 2.45) is 0 Å². The number of benzene rings is 1. The van der Waals surface area contributed by atoms with Gasteiger partial charge in [-0.05, 0) is 43.7 Å². The normalized spacial score (nSPS) is 33.5. The van der Waals surface area contributed by atoms with Crippen LogP contribution in [0.2, 0.25) is 0 Å². The molecule has 20 heavy (non-hydrogen) atoms. The molecule has 3 atom stereocenters. The summed E-state index contributed by atoms with van der Waals surface area (Å²) in [5, 5.41) is 13.7. The van der Waals surface area contributed by atoms with E-state index in [0.717, 1.165) is 24.9 Å². The highest BCUT2D eigenvalue weighted by Crippen LogP contribution is 2.41. The van der Waals surface area contributed by atoms with Crippen molar-refractivity contribution >= 4 is 15.5 Å². The van der Waals surface area contributed by atoms with E-state index >= 15 is 0 Å². The van der Waals surface area contributed by atoms with Gasteiger partial charge < -0.3 is 10.4 Å². The van der Waals surface area contributed by atoms with Gasteiger partial charge in [-0.3, -0.25) is 0 Å². The highest BCUT2D eigenvalue weighted by Gasteiger charge is 2.52. The molecule has 0 radical (unpaired) electrons. The summed E-state index contributed by atoms with van der Waals surface area (Å²) in [7, 11) is -3.23. The van der Waals surface area contributed by atoms with Crippen LogP contribution < -0.4 is 5.32 Å². The topological polar surface area (TPSA) is 66.4 Å². The van der Waals surface area contributed by atoms with Gasteiger partial charge in [-0.25, -0.2) is 8.42 Å². The average Bonchev–Trinajstić information content (AvgIpc) is 2.81. The van der Waals surface area contributed by atoms with Crippen molar-refractivity contribution in [2.75, 3.05) is 11.6 Å². The van der Waals surface area contributed by atoms with E-state index in [-0.39, 0.29) is 6.04 Å². The zero-order valence-electron chi connectivity index (χ0n) is 11.7. The minimum absolute atomic E-state index is 0.181. The Morgan fingerprint density at radius 1 is 1.30 bits per heavy atom. The molecular formula is C15H21NO3S. The summed E-state index contributed by atoms with van der Waals surface area (Å²) in [6.45, 7) is 0. The summed E-state index contributed by atoms with van der Waals surface area (Å²) in [6.07, 6.45) is 4.80. The molecule has 0 aromatic heterocycles. The van der Waals surface area contributed by atoms with Gasteiger partial charge in [0, 0.05) is 11.9 Å². The van der Waals surface area contributed by atoms with Crippen molar-refractivity contribution < 1.29 is 13.5 Å². The molecule has 0 bridgehead atoms. The fourth-order valence-corrected chi connectivity index (χ4v) is 5.40. The highest BCUT2D eigenvalue weighted by atomic mass is 32.2. The van der Waals surface area contributed by atoms with Crippen LogP contribution in [0.5, 0.6) is 0 Å². The van der Waals surface area contributed by atoms with Crippen molar-refractivity contribution in [3.63, 3.8) is 0 Å². The number of sulfone groups is 1. The van der Waals surface area contributed by atoms with Gasteiger partial charge >= 0.3 is 0 Å². The zero-order valence-corrected chi connectivity index (χ0v) is 12.5. The van der Waals surface area contributed by atoms with Crippen molar-refractivity contribution in [2.45, 2.75) is 49.0 Å². The van der Waals surface area contributed by atoms with Crippen LogP contribution in [0, 0.1) is 0 Å². The second-order valence-corrected chi connectivity index (χ2v) is 8.32. The van der Waals surface area contributed by atoms with Crippen LogP contribution in [-0.2, 0) is 16.3 Å². The number of para-hydroxylation sites is 1. The first kappa shape index (κ1) is 13.9. The van der Waals surface area contributed by atoms with Crippen molar-refractivity contribution in [1.82, 2.24) is 0 Å². The van der Waals surface area contributed by atoms with Gasteiger partial charge in [0.2, 0.25) is 0 Å². The van der Waals surface area contributed by atoms with E-state index in [2.05, 4.69) is 11.4 Å². The molecule has 1 saturated carbocycles. The van der Waals surface area contributed by atoms with Gasteiger partial charge in [0.15, 0.2) is 9.84 Å². The molecule has 4 nitrogen and oxygen atoms in total. The third-order valence-electron chi connectivity index (χ3n) is 4.77. The van der Waals surface area contributed by atoms with Crippen LogP contribution in [-0.4, -0.2) is 36.7 Å². The summed E-state index contributed by atoms with van der Waals surface area (Å²) in [5.41, 5.74) is 1.12. The van der Waals surface area contributed by atoms with Gasteiger partial charge in [0.05, 0.1) is 11.3 Å². The summed E-state index contributed by atoms with van der Waals surface area (Å²) in [5.74, 6) is 0. The van der Waals surface area contributed by atoms with Crippen molar-refractivity contribution in [1.29, 1.82) is 0 Å². The Balaban J connectivity index is 1.90. The first-order chi connectivity index (χ1) is 9.41. The van der Waals surface area contributed by atoms with E-state index in [1.54, 1.807) is 0 Å². The molecule has 1 aromatic carbocycles. The van der Waals surface area contributed by atoms with E-state index in [9.17, 15) is 13.5 Å². The Labute approximate surface area is 120 Å². The third-order valence-corrected chi connectivity index (χ3v) is 6.45. The van der Waals surface area contributed by atoms with Crippen LogP contribution in [0.4, 0.5) is 5.69 Å². The van der Waals surface area contributed by atoms with E-state index in [4.69, 9.17) is 0 Å². The predicted molar refractivity (Wildman–Crippen MR) is 79.6 cm³/mol. The highest BCUT2D eigenvalue weighted by molar-refractivity contribution is 7.91. The molecule has 2 aliphatic rings. The zero-order chi connectivity index (χ0) is 14.4. The summed E-state index contributed by atoms with van der Waals surface area (Å²) in [4.78, 5) is 0. The summed E-state index contributed by atoms with van der Waals surface area (Å²) in [6, 6.07) is 7.85. The number of nitrogens with one attached hydrogen (secondary N) is 1. The Morgan fingerprint density at radius 2 is 2.05 bits per heavy atom. The van der Waals surface area contributed by atoms with Crippen LogP contribution >= 0.6 is 0 Å². The smallest absolute Gasteiger partial charge is 0.153 e. The monoisotopic (exact) mass is 295 g/mol. The lowest BCUT2D eigenvalue weighted by Crippen LogP contribution is -2.55. The summed E-state index contributed by atoms with van der Waals surface area (Å²) < 4.78 is 23.9. The van der Waals surface area contributed by atoms with Gasteiger partial charge in [0.1, 0.15) is 5.60 Å². The van der Waals surface area contributed by atoms with Gasteiger partial charge in [-0.15, -0.1) is 0 Å². The number of fused-ring (bicyclic) bond motifs is 1. The fraction of sp³-hybridized carbons (Fsp3) is 0.600. The molecule has 1 heterocycles. The Morgan fingerprint density at radius 3 is 2.80 bits per heavy atom. The molecule has 1 aromatic rings. The minimum Gasteiger partial charge on any atom is -0.386 e. The number of rotatable bonds is 2. The molecule has 1 aliphatic heterocycles. The minimum atomic E-state index is -3.23. The van der Waals surface area contributed by atoms with E-state index in [1.807, 2.05) is 18.2 Å². The number of hydrogen-bond acceptors (Lipinski definition) is 4. The first-order valence-corrected chi connectivity index (χ1v) is 9.12. The molecular weight excluding hydrogens is 274 g/mol. The molecule has 3 rings (SSSR count). The lowest BCUT2D eigenvalue weighted by Gasteiger charge is -2.40. The SMILES string of the molecule is CS(=O)(=O)C1CCCC1(O)C1CCc2ccccc2N1. The molecule has 1 fully saturated rings. The summed E-state index contributed by atoms with van der Waals surface area (Å²) >= 11 is 0.